The Bertz CT molecular complexity index is 356. The second-order valence-electron chi connectivity index (χ2n) is 3.71. The molecule has 0 saturated carbocycles. The zero-order valence-electron chi connectivity index (χ0n) is 10.4. The number of nitrogens with two attached hydrogens (primary N) is 1. The van der Waals surface area contributed by atoms with E-state index in [1.165, 1.54) is 0 Å². The smallest absolute Gasteiger partial charge is 0.123 e. The molecule has 0 heterocycles. The highest BCUT2D eigenvalue weighted by Gasteiger charge is 2.23. The first-order valence-electron chi connectivity index (χ1n) is 5.50. The fourth-order valence-electron chi connectivity index (χ4n) is 1.88. The first-order chi connectivity index (χ1) is 8.17. The monoisotopic (exact) mass is 258 g/mol. The summed E-state index contributed by atoms with van der Waals surface area (Å²) in [7, 11) is 3.28. The summed E-state index contributed by atoms with van der Waals surface area (Å²) in [5.74, 6) is 6.35. The van der Waals surface area contributed by atoms with Gasteiger partial charge in [0.2, 0.25) is 0 Å². The van der Waals surface area contributed by atoms with Crippen LogP contribution in [-0.2, 0) is 4.74 Å². The Balaban J connectivity index is 3.13. The predicted molar refractivity (Wildman–Crippen MR) is 69.2 cm³/mol. The van der Waals surface area contributed by atoms with E-state index in [0.29, 0.717) is 5.02 Å². The molecule has 5 heteroatoms. The van der Waals surface area contributed by atoms with E-state index in [1.54, 1.807) is 20.3 Å². The average Bonchev–Trinajstić information content (AvgIpc) is 2.35. The summed E-state index contributed by atoms with van der Waals surface area (Å²) in [4.78, 5) is 0. The van der Waals surface area contributed by atoms with Gasteiger partial charge in [0, 0.05) is 17.7 Å². The van der Waals surface area contributed by atoms with E-state index < -0.39 is 0 Å². The highest BCUT2D eigenvalue weighted by molar-refractivity contribution is 6.30. The Kier molecular flexibility index (Phi) is 5.71. The molecular formula is C12H19ClN2O2. The van der Waals surface area contributed by atoms with Crippen molar-refractivity contribution in [1.82, 2.24) is 5.43 Å². The third-order valence-corrected chi connectivity index (χ3v) is 3.02. The van der Waals surface area contributed by atoms with E-state index in [9.17, 15) is 0 Å². The Hall–Kier alpha value is -0.810. The van der Waals surface area contributed by atoms with Crippen LogP contribution in [-0.4, -0.2) is 20.3 Å². The molecule has 0 spiro atoms. The van der Waals surface area contributed by atoms with Gasteiger partial charge in [-0.1, -0.05) is 18.5 Å². The fraction of sp³-hybridized carbons (Fsp3) is 0.500. The standard InChI is InChI=1S/C12H19ClN2O2/c1-4-10(16-2)12(15-14)9-7-8(13)5-6-11(9)17-3/h5-7,10,12,15H,4,14H2,1-3H3. The van der Waals surface area contributed by atoms with Crippen molar-refractivity contribution in [3.63, 3.8) is 0 Å². The second kappa shape index (κ2) is 6.81. The third kappa shape index (κ3) is 3.33. The number of hydrazine groups is 1. The molecule has 3 N–H and O–H groups in total. The van der Waals surface area contributed by atoms with E-state index in [-0.39, 0.29) is 12.1 Å². The number of rotatable bonds is 6. The van der Waals surface area contributed by atoms with Gasteiger partial charge in [0.1, 0.15) is 5.75 Å². The molecule has 2 unspecified atom stereocenters. The summed E-state index contributed by atoms with van der Waals surface area (Å²) in [5.41, 5.74) is 3.66. The van der Waals surface area contributed by atoms with Gasteiger partial charge in [-0.2, -0.15) is 0 Å². The number of hydrogen-bond donors (Lipinski definition) is 2. The van der Waals surface area contributed by atoms with Crippen molar-refractivity contribution < 1.29 is 9.47 Å². The summed E-state index contributed by atoms with van der Waals surface area (Å²) in [5, 5.41) is 0.645. The van der Waals surface area contributed by atoms with Crippen LogP contribution in [0.2, 0.25) is 5.02 Å². The summed E-state index contributed by atoms with van der Waals surface area (Å²) in [6.07, 6.45) is 0.800. The summed E-state index contributed by atoms with van der Waals surface area (Å²) < 4.78 is 10.7. The predicted octanol–water partition coefficient (Wildman–Crippen LogP) is 2.28. The van der Waals surface area contributed by atoms with E-state index in [4.69, 9.17) is 26.9 Å². The van der Waals surface area contributed by atoms with Crippen molar-refractivity contribution in [3.05, 3.63) is 28.8 Å². The number of methoxy groups -OCH3 is 2. The molecule has 0 amide bonds. The molecule has 1 aromatic rings. The maximum atomic E-state index is 6.00. The number of ether oxygens (including phenoxy) is 2. The largest absolute Gasteiger partial charge is 0.496 e. The van der Waals surface area contributed by atoms with E-state index >= 15 is 0 Å². The molecular weight excluding hydrogens is 240 g/mol. The van der Waals surface area contributed by atoms with Crippen molar-refractivity contribution >= 4 is 11.6 Å². The van der Waals surface area contributed by atoms with Gasteiger partial charge in [-0.25, -0.2) is 0 Å². The Morgan fingerprint density at radius 2 is 2.12 bits per heavy atom. The molecule has 96 valence electrons. The lowest BCUT2D eigenvalue weighted by Crippen LogP contribution is -2.37. The van der Waals surface area contributed by atoms with E-state index in [1.807, 2.05) is 19.1 Å². The van der Waals surface area contributed by atoms with Gasteiger partial charge >= 0.3 is 0 Å². The molecule has 1 aromatic carbocycles. The lowest BCUT2D eigenvalue weighted by Gasteiger charge is -2.26. The molecule has 0 fully saturated rings. The van der Waals surface area contributed by atoms with Gasteiger partial charge < -0.3 is 9.47 Å². The Morgan fingerprint density at radius 1 is 1.41 bits per heavy atom. The molecule has 0 aliphatic carbocycles. The highest BCUT2D eigenvalue weighted by Crippen LogP contribution is 2.31. The molecule has 0 aliphatic heterocycles. The minimum Gasteiger partial charge on any atom is -0.496 e. The van der Waals surface area contributed by atoms with Crippen molar-refractivity contribution in [2.75, 3.05) is 14.2 Å². The molecule has 1 rings (SSSR count). The van der Waals surface area contributed by atoms with Crippen LogP contribution in [0.3, 0.4) is 0 Å². The van der Waals surface area contributed by atoms with Gasteiger partial charge in [-0.05, 0) is 24.6 Å². The molecule has 0 radical (unpaired) electrons. The van der Waals surface area contributed by atoms with Crippen molar-refractivity contribution in [1.29, 1.82) is 0 Å². The van der Waals surface area contributed by atoms with Crippen LogP contribution >= 0.6 is 11.6 Å². The van der Waals surface area contributed by atoms with Crippen molar-refractivity contribution in [2.45, 2.75) is 25.5 Å². The summed E-state index contributed by atoms with van der Waals surface area (Å²) >= 11 is 6.00. The Labute approximate surface area is 107 Å². The SMILES string of the molecule is CCC(OC)C(NN)c1cc(Cl)ccc1OC. The van der Waals surface area contributed by atoms with Crippen LogP contribution in [0.25, 0.3) is 0 Å². The summed E-state index contributed by atoms with van der Waals surface area (Å²) in [6.45, 7) is 2.04. The topological polar surface area (TPSA) is 56.5 Å². The van der Waals surface area contributed by atoms with Gasteiger partial charge in [0.15, 0.2) is 0 Å². The van der Waals surface area contributed by atoms with Gasteiger partial charge in [0.05, 0.1) is 19.3 Å². The third-order valence-electron chi connectivity index (χ3n) is 2.78. The van der Waals surface area contributed by atoms with Crippen LogP contribution < -0.4 is 16.0 Å². The second-order valence-corrected chi connectivity index (χ2v) is 4.15. The zero-order chi connectivity index (χ0) is 12.8. The normalized spacial score (nSPS) is 14.4. The minimum absolute atomic E-state index is 0.0348. The molecule has 17 heavy (non-hydrogen) atoms. The maximum absolute atomic E-state index is 6.00. The quantitative estimate of drug-likeness (QED) is 0.607. The molecule has 0 aromatic heterocycles. The molecule has 4 nitrogen and oxygen atoms in total. The first kappa shape index (κ1) is 14.3. The summed E-state index contributed by atoms with van der Waals surface area (Å²) in [6, 6.07) is 5.29. The lowest BCUT2D eigenvalue weighted by molar-refractivity contribution is 0.0643. The van der Waals surface area contributed by atoms with Crippen LogP contribution in [0.5, 0.6) is 5.75 Å². The van der Waals surface area contributed by atoms with Crippen LogP contribution in [0, 0.1) is 0 Å². The van der Waals surface area contributed by atoms with Gasteiger partial charge in [-0.3, -0.25) is 11.3 Å². The average molecular weight is 259 g/mol. The number of nitrogens with one attached hydrogen (secondary N) is 1. The zero-order valence-corrected chi connectivity index (χ0v) is 11.1. The minimum atomic E-state index is -0.154. The number of hydrogen-bond acceptors (Lipinski definition) is 4. The highest BCUT2D eigenvalue weighted by atomic mass is 35.5. The van der Waals surface area contributed by atoms with Crippen LogP contribution in [0.4, 0.5) is 0 Å². The molecule has 0 aliphatic rings. The van der Waals surface area contributed by atoms with Gasteiger partial charge in [0.25, 0.3) is 0 Å². The van der Waals surface area contributed by atoms with Crippen molar-refractivity contribution in [3.8, 4) is 5.75 Å². The number of benzene rings is 1. The van der Waals surface area contributed by atoms with Crippen LogP contribution in [0.15, 0.2) is 18.2 Å². The van der Waals surface area contributed by atoms with Crippen molar-refractivity contribution in [2.24, 2.45) is 5.84 Å². The van der Waals surface area contributed by atoms with Crippen LogP contribution in [0.1, 0.15) is 24.9 Å². The van der Waals surface area contributed by atoms with E-state index in [0.717, 1.165) is 17.7 Å². The molecule has 2 atom stereocenters. The lowest BCUT2D eigenvalue weighted by atomic mass is 9.99. The molecule has 0 bridgehead atoms. The Morgan fingerprint density at radius 3 is 2.59 bits per heavy atom. The maximum Gasteiger partial charge on any atom is 0.123 e. The first-order valence-corrected chi connectivity index (χ1v) is 5.88. The number of halogens is 1. The fourth-order valence-corrected chi connectivity index (χ4v) is 2.06. The molecule has 0 saturated heterocycles. The van der Waals surface area contributed by atoms with E-state index in [2.05, 4.69) is 5.43 Å². The van der Waals surface area contributed by atoms with Gasteiger partial charge in [-0.15, -0.1) is 0 Å².